The number of hydrogen-bond acceptors (Lipinski definition) is 1. The van der Waals surface area contributed by atoms with Gasteiger partial charge in [-0.3, -0.25) is 4.79 Å². The van der Waals surface area contributed by atoms with Gasteiger partial charge in [0.15, 0.2) is 0 Å². The third-order valence-electron chi connectivity index (χ3n) is 4.30. The van der Waals surface area contributed by atoms with Crippen LogP contribution in [0.2, 0.25) is 0 Å². The van der Waals surface area contributed by atoms with Crippen LogP contribution >= 0.6 is 0 Å². The van der Waals surface area contributed by atoms with Crippen LogP contribution in [0.15, 0.2) is 54.6 Å². The molecule has 0 saturated heterocycles. The summed E-state index contributed by atoms with van der Waals surface area (Å²) in [6, 6.07) is 16.4. The second-order valence-electron chi connectivity index (χ2n) is 5.66. The molecular weight excluding hydrogens is 267 g/mol. The Balaban J connectivity index is 1.75. The maximum Gasteiger partial charge on any atom is 0.307 e. The molecule has 1 fully saturated rings. The summed E-state index contributed by atoms with van der Waals surface area (Å²) in [6.07, 6.45) is 1.13. The molecule has 108 valence electrons. The van der Waals surface area contributed by atoms with E-state index in [1.807, 2.05) is 30.3 Å². The van der Waals surface area contributed by atoms with Crippen LogP contribution in [-0.2, 0) is 11.2 Å². The van der Waals surface area contributed by atoms with Gasteiger partial charge in [0.1, 0.15) is 5.82 Å². The lowest BCUT2D eigenvalue weighted by Crippen LogP contribution is -2.20. The van der Waals surface area contributed by atoms with Crippen LogP contribution in [0.4, 0.5) is 4.39 Å². The molecule has 2 nitrogen and oxygen atoms in total. The van der Waals surface area contributed by atoms with Gasteiger partial charge in [-0.15, -0.1) is 0 Å². The van der Waals surface area contributed by atoms with Crippen LogP contribution in [0.5, 0.6) is 0 Å². The van der Waals surface area contributed by atoms with Gasteiger partial charge in [0.2, 0.25) is 0 Å². The second-order valence-corrected chi connectivity index (χ2v) is 5.66. The molecule has 1 aliphatic rings. The van der Waals surface area contributed by atoms with Crippen molar-refractivity contribution in [2.45, 2.75) is 18.8 Å². The zero-order valence-electron chi connectivity index (χ0n) is 11.6. The van der Waals surface area contributed by atoms with Crippen molar-refractivity contribution in [2.24, 2.45) is 11.8 Å². The maximum atomic E-state index is 13.7. The molecule has 2 aromatic carbocycles. The van der Waals surface area contributed by atoms with E-state index in [9.17, 15) is 14.3 Å². The highest BCUT2D eigenvalue weighted by molar-refractivity contribution is 5.71. The van der Waals surface area contributed by atoms with E-state index < -0.39 is 11.9 Å². The fourth-order valence-corrected chi connectivity index (χ4v) is 3.07. The average Bonchev–Trinajstić information content (AvgIpc) is 3.27. The molecule has 1 N–H and O–H groups in total. The van der Waals surface area contributed by atoms with Crippen LogP contribution < -0.4 is 0 Å². The summed E-state index contributed by atoms with van der Waals surface area (Å²) >= 11 is 0. The summed E-state index contributed by atoms with van der Waals surface area (Å²) in [4.78, 5) is 11.6. The molecule has 0 aromatic heterocycles. The van der Waals surface area contributed by atoms with E-state index in [-0.39, 0.29) is 18.2 Å². The molecule has 0 heterocycles. The van der Waals surface area contributed by atoms with Gasteiger partial charge in [-0.05, 0) is 41.9 Å². The van der Waals surface area contributed by atoms with E-state index in [4.69, 9.17) is 0 Å². The Morgan fingerprint density at radius 3 is 2.48 bits per heavy atom. The molecular formula is C18H17FO2. The Hall–Kier alpha value is -2.16. The summed E-state index contributed by atoms with van der Waals surface area (Å²) < 4.78 is 13.7. The molecule has 2 aromatic rings. The molecule has 3 atom stereocenters. The van der Waals surface area contributed by atoms with Crippen molar-refractivity contribution in [3.05, 3.63) is 71.5 Å². The van der Waals surface area contributed by atoms with Gasteiger partial charge in [-0.1, -0.05) is 48.5 Å². The minimum absolute atomic E-state index is 0.101. The third-order valence-corrected chi connectivity index (χ3v) is 4.30. The molecule has 3 unspecified atom stereocenters. The lowest BCUT2D eigenvalue weighted by atomic mass is 9.92. The Kier molecular flexibility index (Phi) is 3.74. The van der Waals surface area contributed by atoms with Gasteiger partial charge >= 0.3 is 5.97 Å². The molecule has 0 spiro atoms. The zero-order valence-corrected chi connectivity index (χ0v) is 11.6. The molecule has 3 heteroatoms. The molecule has 0 bridgehead atoms. The summed E-state index contributed by atoms with van der Waals surface area (Å²) in [5.74, 6) is -1.28. The van der Waals surface area contributed by atoms with Gasteiger partial charge in [0.25, 0.3) is 0 Å². The number of halogens is 1. The van der Waals surface area contributed by atoms with Gasteiger partial charge in [-0.2, -0.15) is 0 Å². The van der Waals surface area contributed by atoms with Crippen molar-refractivity contribution in [1.82, 2.24) is 0 Å². The number of hydrogen-bond donors (Lipinski definition) is 1. The predicted octanol–water partition coefficient (Wildman–Crippen LogP) is 3.87. The van der Waals surface area contributed by atoms with Gasteiger partial charge in [0, 0.05) is 0 Å². The van der Waals surface area contributed by atoms with Crippen molar-refractivity contribution in [2.75, 3.05) is 0 Å². The number of benzene rings is 2. The standard InChI is InChI=1S/C18H17FO2/c19-17-9-5-4-8-13(17)10-16(18(20)21)15-11-14(15)12-6-2-1-3-7-12/h1-9,14-16H,10-11H2,(H,20,21). The van der Waals surface area contributed by atoms with Crippen LogP contribution in [-0.4, -0.2) is 11.1 Å². The highest BCUT2D eigenvalue weighted by atomic mass is 19.1. The molecule has 1 aliphatic carbocycles. The predicted molar refractivity (Wildman–Crippen MR) is 78.5 cm³/mol. The fraction of sp³-hybridized carbons (Fsp3) is 0.278. The molecule has 21 heavy (non-hydrogen) atoms. The van der Waals surface area contributed by atoms with Gasteiger partial charge in [-0.25, -0.2) is 4.39 Å². The van der Waals surface area contributed by atoms with Crippen LogP contribution in [0.3, 0.4) is 0 Å². The number of aliphatic carboxylic acids is 1. The minimum atomic E-state index is -0.832. The topological polar surface area (TPSA) is 37.3 Å². The Morgan fingerprint density at radius 2 is 1.81 bits per heavy atom. The van der Waals surface area contributed by atoms with Crippen molar-refractivity contribution in [1.29, 1.82) is 0 Å². The fourth-order valence-electron chi connectivity index (χ4n) is 3.07. The zero-order chi connectivity index (χ0) is 14.8. The number of carboxylic acids is 1. The van der Waals surface area contributed by atoms with E-state index in [1.54, 1.807) is 18.2 Å². The first kappa shape index (κ1) is 13.8. The van der Waals surface area contributed by atoms with Crippen molar-refractivity contribution in [3.63, 3.8) is 0 Å². The summed E-state index contributed by atoms with van der Waals surface area (Å²) in [5, 5.41) is 9.48. The largest absolute Gasteiger partial charge is 0.481 e. The first-order chi connectivity index (χ1) is 10.2. The molecule has 1 saturated carbocycles. The van der Waals surface area contributed by atoms with Gasteiger partial charge in [0.05, 0.1) is 5.92 Å². The highest BCUT2D eigenvalue weighted by Gasteiger charge is 2.46. The quantitative estimate of drug-likeness (QED) is 0.905. The number of carbonyl (C=O) groups is 1. The van der Waals surface area contributed by atoms with Crippen molar-refractivity contribution < 1.29 is 14.3 Å². The summed E-state index contributed by atoms with van der Waals surface area (Å²) in [6.45, 7) is 0. The maximum absolute atomic E-state index is 13.7. The Bertz CT molecular complexity index is 639. The number of rotatable bonds is 5. The SMILES string of the molecule is O=C(O)C(Cc1ccccc1F)C1CC1c1ccccc1. The van der Waals surface area contributed by atoms with Crippen molar-refractivity contribution in [3.8, 4) is 0 Å². The van der Waals surface area contributed by atoms with Crippen LogP contribution in [0, 0.1) is 17.7 Å². The first-order valence-electron chi connectivity index (χ1n) is 7.18. The summed E-state index contributed by atoms with van der Waals surface area (Å²) in [7, 11) is 0. The van der Waals surface area contributed by atoms with E-state index in [1.165, 1.54) is 11.6 Å². The number of carboxylic acid groups (broad SMARTS) is 1. The average molecular weight is 284 g/mol. The van der Waals surface area contributed by atoms with Gasteiger partial charge < -0.3 is 5.11 Å². The smallest absolute Gasteiger partial charge is 0.307 e. The van der Waals surface area contributed by atoms with E-state index >= 15 is 0 Å². The first-order valence-corrected chi connectivity index (χ1v) is 7.18. The second kappa shape index (κ2) is 5.68. The van der Waals surface area contributed by atoms with E-state index in [0.717, 1.165) is 6.42 Å². The minimum Gasteiger partial charge on any atom is -0.481 e. The Morgan fingerprint density at radius 1 is 1.14 bits per heavy atom. The summed E-state index contributed by atoms with van der Waals surface area (Å²) in [5.41, 5.74) is 1.67. The van der Waals surface area contributed by atoms with Crippen LogP contribution in [0.25, 0.3) is 0 Å². The Labute approximate surface area is 123 Å². The molecule has 0 aliphatic heterocycles. The molecule has 0 amide bonds. The lowest BCUT2D eigenvalue weighted by Gasteiger charge is -2.13. The van der Waals surface area contributed by atoms with Crippen molar-refractivity contribution >= 4 is 5.97 Å². The van der Waals surface area contributed by atoms with E-state index in [0.29, 0.717) is 11.5 Å². The monoisotopic (exact) mass is 284 g/mol. The molecule has 0 radical (unpaired) electrons. The highest BCUT2D eigenvalue weighted by Crippen LogP contribution is 2.52. The third kappa shape index (κ3) is 2.97. The molecule has 3 rings (SSSR count). The lowest BCUT2D eigenvalue weighted by molar-refractivity contribution is -0.142. The normalized spacial score (nSPS) is 21.8. The van der Waals surface area contributed by atoms with Crippen LogP contribution in [0.1, 0.15) is 23.5 Å². The van der Waals surface area contributed by atoms with E-state index in [2.05, 4.69) is 0 Å².